The normalized spacial score (nSPS) is 11.5. The maximum Gasteiger partial charge on any atom is 0.121 e. The van der Waals surface area contributed by atoms with Crippen molar-refractivity contribution < 1.29 is 10.2 Å². The van der Waals surface area contributed by atoms with Gasteiger partial charge in [0.15, 0.2) is 0 Å². The Kier molecular flexibility index (Phi) is 8.01. The molecular weight excluding hydrogens is 512 g/mol. The first-order valence-electron chi connectivity index (χ1n) is 14.8. The van der Waals surface area contributed by atoms with E-state index in [1.54, 1.807) is 0 Å². The predicted octanol–water partition coefficient (Wildman–Crippen LogP) is 9.93. The van der Waals surface area contributed by atoms with Crippen molar-refractivity contribution in [2.75, 3.05) is 0 Å². The molecule has 5 rings (SSSR count). The lowest BCUT2D eigenvalue weighted by Gasteiger charge is -2.24. The zero-order valence-electron chi connectivity index (χ0n) is 26.1. The Morgan fingerprint density at radius 2 is 0.571 bits per heavy atom. The van der Waals surface area contributed by atoms with Gasteiger partial charge in [0, 0.05) is 11.8 Å². The van der Waals surface area contributed by atoms with Gasteiger partial charge in [-0.1, -0.05) is 107 Å². The molecule has 42 heavy (non-hydrogen) atoms. The van der Waals surface area contributed by atoms with E-state index in [-0.39, 0.29) is 11.8 Å². The van der Waals surface area contributed by atoms with Crippen molar-refractivity contribution in [1.29, 1.82) is 0 Å². The summed E-state index contributed by atoms with van der Waals surface area (Å²) in [5, 5.41) is 21.1. The van der Waals surface area contributed by atoms with Crippen LogP contribution in [-0.4, -0.2) is 10.2 Å². The van der Waals surface area contributed by atoms with E-state index in [0.717, 1.165) is 33.4 Å². The average molecular weight is 555 g/mol. The Labute approximate surface area is 251 Å². The van der Waals surface area contributed by atoms with E-state index in [2.05, 4.69) is 113 Å². The molecule has 0 unspecified atom stereocenters. The zero-order valence-corrected chi connectivity index (χ0v) is 26.1. The molecule has 2 heteroatoms. The molecule has 0 aromatic heterocycles. The fourth-order valence-electron chi connectivity index (χ4n) is 6.70. The van der Waals surface area contributed by atoms with Crippen molar-refractivity contribution in [2.45, 2.75) is 67.2 Å². The van der Waals surface area contributed by atoms with Crippen LogP contribution >= 0.6 is 0 Å². The Morgan fingerprint density at radius 3 is 0.833 bits per heavy atom. The van der Waals surface area contributed by atoms with Gasteiger partial charge in [-0.2, -0.15) is 0 Å². The smallest absolute Gasteiger partial charge is 0.121 e. The molecule has 0 aliphatic heterocycles. The topological polar surface area (TPSA) is 40.5 Å². The summed E-state index contributed by atoms with van der Waals surface area (Å²) in [6.07, 6.45) is 0. The molecule has 0 bridgehead atoms. The summed E-state index contributed by atoms with van der Waals surface area (Å²) < 4.78 is 0. The van der Waals surface area contributed by atoms with Crippen LogP contribution in [0.3, 0.4) is 0 Å². The third-order valence-electron chi connectivity index (χ3n) is 8.45. The fourth-order valence-corrected chi connectivity index (χ4v) is 6.70. The van der Waals surface area contributed by atoms with Gasteiger partial charge in [0.25, 0.3) is 0 Å². The largest absolute Gasteiger partial charge is 0.507 e. The van der Waals surface area contributed by atoms with Gasteiger partial charge in [0.2, 0.25) is 0 Å². The van der Waals surface area contributed by atoms with Gasteiger partial charge >= 0.3 is 0 Å². The number of phenolic OH excluding ortho intramolecular Hbond substituents is 2. The second kappa shape index (κ2) is 11.5. The lowest BCUT2D eigenvalue weighted by molar-refractivity contribution is 0.466. The van der Waals surface area contributed by atoms with Crippen LogP contribution in [0.5, 0.6) is 11.5 Å². The number of hydrogen-bond acceptors (Lipinski definition) is 2. The minimum absolute atomic E-state index is 0.0454. The highest BCUT2D eigenvalue weighted by Crippen LogP contribution is 2.40. The second-order valence-corrected chi connectivity index (χ2v) is 12.4. The van der Waals surface area contributed by atoms with Crippen LogP contribution in [0.25, 0.3) is 0 Å². The minimum atomic E-state index is -0.0454. The lowest BCUT2D eigenvalue weighted by Crippen LogP contribution is -2.08. The number of aryl methyl sites for hydroxylation is 8. The van der Waals surface area contributed by atoms with E-state index in [0.29, 0.717) is 11.5 Å². The highest BCUT2D eigenvalue weighted by atomic mass is 16.3. The molecule has 0 spiro atoms. The van der Waals surface area contributed by atoms with Crippen LogP contribution in [0.1, 0.15) is 89.7 Å². The van der Waals surface area contributed by atoms with Gasteiger partial charge < -0.3 is 10.2 Å². The van der Waals surface area contributed by atoms with Crippen molar-refractivity contribution in [3.8, 4) is 11.5 Å². The lowest BCUT2D eigenvalue weighted by atomic mass is 9.79. The summed E-state index contributed by atoms with van der Waals surface area (Å²) >= 11 is 0. The van der Waals surface area contributed by atoms with Crippen LogP contribution in [0.15, 0.2) is 84.9 Å². The van der Waals surface area contributed by atoms with Crippen LogP contribution in [-0.2, 0) is 0 Å². The number of aromatic hydroxyl groups is 2. The first kappa shape index (κ1) is 29.2. The molecule has 0 saturated heterocycles. The van der Waals surface area contributed by atoms with Crippen LogP contribution < -0.4 is 0 Å². The first-order valence-corrected chi connectivity index (χ1v) is 14.8. The third-order valence-corrected chi connectivity index (χ3v) is 8.45. The number of benzene rings is 5. The Hall–Kier alpha value is -4.30. The average Bonchev–Trinajstić information content (AvgIpc) is 2.90. The van der Waals surface area contributed by atoms with E-state index in [4.69, 9.17) is 0 Å². The Balaban J connectivity index is 1.68. The summed E-state index contributed by atoms with van der Waals surface area (Å²) in [5.74, 6) is 0.758. The van der Waals surface area contributed by atoms with E-state index in [9.17, 15) is 10.2 Å². The molecule has 0 aliphatic carbocycles. The van der Waals surface area contributed by atoms with Gasteiger partial charge in [-0.25, -0.2) is 0 Å². The summed E-state index contributed by atoms with van der Waals surface area (Å²) in [6.45, 7) is 16.5. The van der Waals surface area contributed by atoms with Gasteiger partial charge in [-0.05, 0) is 111 Å². The van der Waals surface area contributed by atoms with Crippen molar-refractivity contribution in [3.63, 3.8) is 0 Å². The Bertz CT molecular complexity index is 1580. The molecule has 5 aromatic carbocycles. The zero-order chi connectivity index (χ0) is 30.3. The van der Waals surface area contributed by atoms with E-state index in [1.807, 2.05) is 27.7 Å². The molecule has 214 valence electrons. The van der Waals surface area contributed by atoms with Crippen molar-refractivity contribution in [2.24, 2.45) is 0 Å². The molecular formula is C40H42O2. The molecule has 0 saturated carbocycles. The third kappa shape index (κ3) is 5.85. The SMILES string of the molecule is Cc1cc(C)cc(C(c2ccc(C(c3cc(C)c(O)c(C)c3)c3cc(C)c(O)c(C)c3)cc2)c2cc(C)cc(C)c2)c1. The minimum Gasteiger partial charge on any atom is -0.507 e. The summed E-state index contributed by atoms with van der Waals surface area (Å²) in [4.78, 5) is 0. The molecule has 0 heterocycles. The molecule has 0 aliphatic rings. The number of phenols is 2. The van der Waals surface area contributed by atoms with E-state index in [1.165, 1.54) is 44.5 Å². The first-order chi connectivity index (χ1) is 19.9. The molecule has 0 fully saturated rings. The van der Waals surface area contributed by atoms with Crippen molar-refractivity contribution in [1.82, 2.24) is 0 Å². The predicted molar refractivity (Wildman–Crippen MR) is 175 cm³/mol. The maximum absolute atomic E-state index is 10.5. The number of hydrogen-bond donors (Lipinski definition) is 2. The molecule has 2 nitrogen and oxygen atoms in total. The van der Waals surface area contributed by atoms with Gasteiger partial charge in [-0.15, -0.1) is 0 Å². The van der Waals surface area contributed by atoms with Gasteiger partial charge in [0.05, 0.1) is 0 Å². The second-order valence-electron chi connectivity index (χ2n) is 12.4. The van der Waals surface area contributed by atoms with Crippen LogP contribution in [0.4, 0.5) is 0 Å². The monoisotopic (exact) mass is 554 g/mol. The van der Waals surface area contributed by atoms with Crippen LogP contribution in [0, 0.1) is 55.4 Å². The summed E-state index contributed by atoms with van der Waals surface area (Å²) in [5.41, 5.74) is 15.8. The summed E-state index contributed by atoms with van der Waals surface area (Å²) in [6, 6.07) is 31.2. The van der Waals surface area contributed by atoms with Crippen molar-refractivity contribution in [3.05, 3.63) is 163 Å². The fraction of sp³-hybridized carbons (Fsp3) is 0.250. The summed E-state index contributed by atoms with van der Waals surface area (Å²) in [7, 11) is 0. The van der Waals surface area contributed by atoms with Crippen LogP contribution in [0.2, 0.25) is 0 Å². The van der Waals surface area contributed by atoms with Gasteiger partial charge in [-0.3, -0.25) is 0 Å². The molecule has 5 aromatic rings. The molecule has 2 N–H and O–H groups in total. The Morgan fingerprint density at radius 1 is 0.333 bits per heavy atom. The van der Waals surface area contributed by atoms with Crippen molar-refractivity contribution >= 4 is 0 Å². The van der Waals surface area contributed by atoms with E-state index >= 15 is 0 Å². The standard InChI is InChI=1S/C40H42O2/c1-23-13-24(2)16-33(15-23)37(34-17-25(3)14-26(4)18-34)31-9-11-32(12-10-31)38(35-19-27(5)39(41)28(6)20-35)36-21-29(7)40(42)30(8)22-36/h9-22,37-38,41-42H,1-8H3. The van der Waals surface area contributed by atoms with Gasteiger partial charge in [0.1, 0.15) is 11.5 Å². The highest BCUT2D eigenvalue weighted by Gasteiger charge is 2.23. The highest BCUT2D eigenvalue weighted by molar-refractivity contribution is 5.54. The molecule has 0 atom stereocenters. The molecule has 0 amide bonds. The number of rotatable bonds is 6. The molecule has 0 radical (unpaired) electrons. The quantitative estimate of drug-likeness (QED) is 0.205. The van der Waals surface area contributed by atoms with E-state index < -0.39 is 0 Å². The maximum atomic E-state index is 10.5.